The monoisotopic (exact) mass is 423 g/mol. The highest BCUT2D eigenvalue weighted by molar-refractivity contribution is 9.10. The number of fused-ring (bicyclic) bond motifs is 1. The summed E-state index contributed by atoms with van der Waals surface area (Å²) in [6.45, 7) is 6.46. The van der Waals surface area contributed by atoms with E-state index in [0.717, 1.165) is 24.8 Å². The Morgan fingerprint density at radius 3 is 2.92 bits per heavy atom. The Bertz CT molecular complexity index is 665. The zero-order chi connectivity index (χ0) is 18.9. The second kappa shape index (κ2) is 7.89. The van der Waals surface area contributed by atoms with Gasteiger partial charge in [0.1, 0.15) is 5.75 Å². The van der Waals surface area contributed by atoms with Crippen LogP contribution < -0.4 is 5.32 Å². The van der Waals surface area contributed by atoms with Gasteiger partial charge >= 0.3 is 0 Å². The van der Waals surface area contributed by atoms with E-state index in [0.29, 0.717) is 29.2 Å². The van der Waals surface area contributed by atoms with Gasteiger partial charge in [-0.1, -0.05) is 32.4 Å². The Morgan fingerprint density at radius 1 is 1.42 bits per heavy atom. The van der Waals surface area contributed by atoms with Crippen molar-refractivity contribution in [1.82, 2.24) is 5.32 Å². The van der Waals surface area contributed by atoms with Crippen molar-refractivity contribution in [2.24, 2.45) is 11.8 Å². The quantitative estimate of drug-likeness (QED) is 0.708. The first-order valence-electron chi connectivity index (χ1n) is 9.78. The van der Waals surface area contributed by atoms with Crippen LogP contribution >= 0.6 is 15.9 Å². The first kappa shape index (κ1) is 19.7. The van der Waals surface area contributed by atoms with E-state index in [1.54, 1.807) is 0 Å². The van der Waals surface area contributed by atoms with E-state index in [-0.39, 0.29) is 29.4 Å². The number of ether oxygens (including phenoxy) is 1. The molecule has 1 aliphatic heterocycles. The van der Waals surface area contributed by atoms with Crippen LogP contribution in [0.2, 0.25) is 0 Å². The molecule has 144 valence electrons. The fourth-order valence-electron chi connectivity index (χ4n) is 4.73. The Morgan fingerprint density at radius 2 is 2.19 bits per heavy atom. The van der Waals surface area contributed by atoms with Crippen molar-refractivity contribution in [2.75, 3.05) is 0 Å². The lowest BCUT2D eigenvalue weighted by molar-refractivity contribution is -0.154. The number of phenols is 1. The second-order valence-corrected chi connectivity index (χ2v) is 9.14. The summed E-state index contributed by atoms with van der Waals surface area (Å²) >= 11 is 3.41. The van der Waals surface area contributed by atoms with Crippen molar-refractivity contribution in [3.8, 4) is 5.75 Å². The molecule has 1 aliphatic carbocycles. The number of benzene rings is 1. The van der Waals surface area contributed by atoms with Crippen LogP contribution in [0, 0.1) is 11.8 Å². The van der Waals surface area contributed by atoms with Crippen molar-refractivity contribution < 1.29 is 14.6 Å². The number of nitrogens with one attached hydrogen (secondary N) is 1. The van der Waals surface area contributed by atoms with E-state index in [1.807, 2.05) is 25.1 Å². The summed E-state index contributed by atoms with van der Waals surface area (Å²) in [6, 6.07) is 5.67. The van der Waals surface area contributed by atoms with Crippen LogP contribution in [0.5, 0.6) is 5.75 Å². The van der Waals surface area contributed by atoms with Crippen molar-refractivity contribution >= 4 is 21.8 Å². The van der Waals surface area contributed by atoms with Crippen molar-refractivity contribution in [3.05, 3.63) is 28.2 Å². The van der Waals surface area contributed by atoms with Gasteiger partial charge in [-0.3, -0.25) is 4.79 Å². The molecule has 2 N–H and O–H groups in total. The van der Waals surface area contributed by atoms with Crippen LogP contribution in [0.15, 0.2) is 22.7 Å². The van der Waals surface area contributed by atoms with Gasteiger partial charge in [-0.15, -0.1) is 0 Å². The number of halogens is 1. The average molecular weight is 424 g/mol. The van der Waals surface area contributed by atoms with Gasteiger partial charge in [0.05, 0.1) is 16.7 Å². The molecule has 1 amide bonds. The molecule has 2 fully saturated rings. The van der Waals surface area contributed by atoms with E-state index in [1.165, 1.54) is 6.42 Å². The van der Waals surface area contributed by atoms with Crippen LogP contribution in [0.25, 0.3) is 0 Å². The van der Waals surface area contributed by atoms with Gasteiger partial charge < -0.3 is 15.2 Å². The molecule has 2 aliphatic rings. The lowest BCUT2D eigenvalue weighted by atomic mass is 9.66. The zero-order valence-corrected chi connectivity index (χ0v) is 17.5. The smallest absolute Gasteiger partial charge is 0.220 e. The Labute approximate surface area is 164 Å². The molecule has 0 radical (unpaired) electrons. The van der Waals surface area contributed by atoms with Crippen molar-refractivity contribution in [2.45, 2.75) is 77.0 Å². The maximum absolute atomic E-state index is 12.4. The summed E-state index contributed by atoms with van der Waals surface area (Å²) in [6.07, 6.45) is 5.24. The van der Waals surface area contributed by atoms with Crippen molar-refractivity contribution in [1.29, 1.82) is 0 Å². The third-order valence-electron chi connectivity index (χ3n) is 6.09. The maximum Gasteiger partial charge on any atom is 0.220 e. The number of phenolic OH excluding ortho intramolecular Hbond substituents is 1. The number of hydrogen-bond donors (Lipinski definition) is 2. The predicted octanol–water partition coefficient (Wildman–Crippen LogP) is 5.10. The van der Waals surface area contributed by atoms with Crippen LogP contribution in [-0.2, 0) is 9.53 Å². The average Bonchev–Trinajstić information content (AvgIpc) is 2.56. The fraction of sp³-hybridized carbons (Fsp3) is 0.667. The highest BCUT2D eigenvalue weighted by Gasteiger charge is 2.49. The molecular weight excluding hydrogens is 394 g/mol. The van der Waals surface area contributed by atoms with Crippen LogP contribution in [0.1, 0.15) is 71.0 Å². The number of hydrogen-bond acceptors (Lipinski definition) is 3. The van der Waals surface area contributed by atoms with E-state index in [2.05, 4.69) is 35.1 Å². The van der Waals surface area contributed by atoms with Gasteiger partial charge in [0.25, 0.3) is 0 Å². The number of amides is 1. The van der Waals surface area contributed by atoms with Gasteiger partial charge in [-0.25, -0.2) is 0 Å². The van der Waals surface area contributed by atoms with Gasteiger partial charge in [0, 0.05) is 29.9 Å². The number of carbonyl (C=O) groups excluding carboxylic acids is 1. The second-order valence-electron chi connectivity index (χ2n) is 8.29. The molecule has 0 aromatic heterocycles. The van der Waals surface area contributed by atoms with Crippen LogP contribution in [-0.4, -0.2) is 22.7 Å². The standard InChI is InChI=1S/C21H30BrNO3/c1-4-6-19(24)23-21(3)12-18(14-7-5-8-16(22)20(14)25)26-17-11-13(2)9-10-15(17)21/h5,7-8,13,15,17-18,25H,4,6,9-12H2,1-3H3,(H,23,24)/t13-,15-,17-,18-,21-/m0/s1. The Kier molecular flexibility index (Phi) is 5.97. The molecule has 1 aromatic carbocycles. The Hall–Kier alpha value is -1.07. The largest absolute Gasteiger partial charge is 0.506 e. The molecule has 1 saturated carbocycles. The minimum Gasteiger partial charge on any atom is -0.506 e. The maximum atomic E-state index is 12.4. The van der Waals surface area contributed by atoms with Gasteiger partial charge in [-0.05, 0) is 54.1 Å². The molecule has 1 saturated heterocycles. The number of aromatic hydroxyl groups is 1. The number of carbonyl (C=O) groups is 1. The topological polar surface area (TPSA) is 58.6 Å². The molecule has 4 nitrogen and oxygen atoms in total. The number of para-hydroxylation sites is 1. The summed E-state index contributed by atoms with van der Waals surface area (Å²) in [7, 11) is 0. The lowest BCUT2D eigenvalue weighted by Gasteiger charge is -2.52. The summed E-state index contributed by atoms with van der Waals surface area (Å²) in [4.78, 5) is 12.4. The summed E-state index contributed by atoms with van der Waals surface area (Å²) in [5.74, 6) is 1.31. The molecule has 0 bridgehead atoms. The van der Waals surface area contributed by atoms with Gasteiger partial charge in [-0.2, -0.15) is 0 Å². The van der Waals surface area contributed by atoms with Crippen molar-refractivity contribution in [3.63, 3.8) is 0 Å². The molecule has 1 heterocycles. The lowest BCUT2D eigenvalue weighted by Crippen LogP contribution is -2.60. The summed E-state index contributed by atoms with van der Waals surface area (Å²) in [5.41, 5.74) is 0.487. The van der Waals surface area contributed by atoms with Gasteiger partial charge in [0.15, 0.2) is 0 Å². The summed E-state index contributed by atoms with van der Waals surface area (Å²) in [5, 5.41) is 13.9. The van der Waals surface area contributed by atoms with E-state index in [9.17, 15) is 9.90 Å². The SMILES string of the molecule is CCCC(=O)N[C@@]1(C)C[C@@H](c2cccc(Br)c2O)O[C@H]2C[C@@H](C)CC[C@@H]21. The van der Waals surface area contributed by atoms with E-state index >= 15 is 0 Å². The van der Waals surface area contributed by atoms with Gasteiger partial charge in [0.2, 0.25) is 5.91 Å². The highest BCUT2D eigenvalue weighted by Crippen LogP contribution is 2.49. The van der Waals surface area contributed by atoms with E-state index < -0.39 is 0 Å². The molecular formula is C21H30BrNO3. The first-order chi connectivity index (χ1) is 12.3. The normalized spacial score (nSPS) is 34.2. The molecule has 1 aromatic rings. The van der Waals surface area contributed by atoms with E-state index in [4.69, 9.17) is 4.74 Å². The molecule has 0 spiro atoms. The third kappa shape index (κ3) is 3.94. The first-order valence-corrected chi connectivity index (χ1v) is 10.6. The predicted molar refractivity (Wildman–Crippen MR) is 106 cm³/mol. The minimum absolute atomic E-state index is 0.114. The molecule has 5 heteroatoms. The van der Waals surface area contributed by atoms with Crippen LogP contribution in [0.3, 0.4) is 0 Å². The summed E-state index contributed by atoms with van der Waals surface area (Å²) < 4.78 is 7.16. The van der Waals surface area contributed by atoms with Crippen LogP contribution in [0.4, 0.5) is 0 Å². The Balaban J connectivity index is 1.91. The molecule has 0 unspecified atom stereocenters. The minimum atomic E-state index is -0.311. The molecule has 26 heavy (non-hydrogen) atoms. The molecule has 3 rings (SSSR count). The highest BCUT2D eigenvalue weighted by atomic mass is 79.9. The molecule has 5 atom stereocenters. The fourth-order valence-corrected chi connectivity index (χ4v) is 5.11. The number of rotatable bonds is 4. The zero-order valence-electron chi connectivity index (χ0n) is 15.9. The third-order valence-corrected chi connectivity index (χ3v) is 6.73.